The highest BCUT2D eigenvalue weighted by atomic mass is 16.2. The van der Waals surface area contributed by atoms with Crippen molar-refractivity contribution >= 4 is 17.5 Å². The molecule has 1 aromatic heterocycles. The Balaban J connectivity index is 1.83. The fourth-order valence-electron chi connectivity index (χ4n) is 2.76. The summed E-state index contributed by atoms with van der Waals surface area (Å²) >= 11 is 0. The molecule has 0 aliphatic heterocycles. The summed E-state index contributed by atoms with van der Waals surface area (Å²) in [6.07, 6.45) is 3.08. The van der Waals surface area contributed by atoms with Gasteiger partial charge in [0.05, 0.1) is 12.6 Å². The van der Waals surface area contributed by atoms with Gasteiger partial charge in [0.2, 0.25) is 5.91 Å². The van der Waals surface area contributed by atoms with Crippen LogP contribution < -0.4 is 10.6 Å². The Bertz CT molecular complexity index is 923. The minimum absolute atomic E-state index is 0.177. The molecule has 7 heteroatoms. The molecule has 0 fully saturated rings. The number of anilines is 1. The Labute approximate surface area is 157 Å². The average molecular weight is 363 g/mol. The van der Waals surface area contributed by atoms with Gasteiger partial charge in [0.15, 0.2) is 0 Å². The fourth-order valence-corrected chi connectivity index (χ4v) is 2.76. The minimum Gasteiger partial charge on any atom is -0.343 e. The molecule has 2 amide bonds. The maximum absolute atomic E-state index is 12.8. The Hall–Kier alpha value is -3.48. The van der Waals surface area contributed by atoms with Gasteiger partial charge in [0.25, 0.3) is 5.91 Å². The second kappa shape index (κ2) is 8.27. The summed E-state index contributed by atoms with van der Waals surface area (Å²) in [6, 6.07) is 14.7. The maximum atomic E-state index is 12.8. The Morgan fingerprint density at radius 2 is 1.93 bits per heavy atom. The summed E-state index contributed by atoms with van der Waals surface area (Å²) in [5, 5.41) is 9.92. The van der Waals surface area contributed by atoms with Crippen LogP contribution in [0.5, 0.6) is 0 Å². The molecule has 0 radical (unpaired) electrons. The molecule has 3 rings (SSSR count). The normalized spacial score (nSPS) is 11.6. The summed E-state index contributed by atoms with van der Waals surface area (Å²) in [5.41, 5.74) is 2.96. The van der Waals surface area contributed by atoms with Crippen molar-refractivity contribution in [1.29, 1.82) is 0 Å². The van der Waals surface area contributed by atoms with Gasteiger partial charge in [0, 0.05) is 18.2 Å². The second-order valence-electron chi connectivity index (χ2n) is 6.27. The smallest absolute Gasteiger partial charge is 0.251 e. The molecule has 1 unspecified atom stereocenters. The van der Waals surface area contributed by atoms with E-state index in [0.29, 0.717) is 17.8 Å². The first kappa shape index (κ1) is 18.3. The van der Waals surface area contributed by atoms with Crippen LogP contribution in [0.15, 0.2) is 61.2 Å². The number of aromatic nitrogens is 3. The third-order valence-corrected chi connectivity index (χ3v) is 4.15. The SMILES string of the molecule is CC(=O)Nc1cc(C(=O)NC(Cn2cncn2)c2ccccc2)ccc1C. The van der Waals surface area contributed by atoms with E-state index in [2.05, 4.69) is 20.7 Å². The fraction of sp³-hybridized carbons (Fsp3) is 0.200. The Kier molecular flexibility index (Phi) is 5.61. The number of rotatable bonds is 6. The lowest BCUT2D eigenvalue weighted by atomic mass is 10.1. The summed E-state index contributed by atoms with van der Waals surface area (Å²) in [7, 11) is 0. The number of benzene rings is 2. The molecule has 2 N–H and O–H groups in total. The number of hydrogen-bond acceptors (Lipinski definition) is 4. The molecule has 27 heavy (non-hydrogen) atoms. The molecule has 3 aromatic rings. The molecule has 7 nitrogen and oxygen atoms in total. The van der Waals surface area contributed by atoms with Crippen LogP contribution >= 0.6 is 0 Å². The Morgan fingerprint density at radius 3 is 2.59 bits per heavy atom. The summed E-state index contributed by atoms with van der Waals surface area (Å²) in [6.45, 7) is 3.78. The molecule has 2 aromatic carbocycles. The third-order valence-electron chi connectivity index (χ3n) is 4.15. The molecule has 138 valence electrons. The monoisotopic (exact) mass is 363 g/mol. The van der Waals surface area contributed by atoms with Gasteiger partial charge in [-0.05, 0) is 30.2 Å². The van der Waals surface area contributed by atoms with Crippen LogP contribution in [0.2, 0.25) is 0 Å². The van der Waals surface area contributed by atoms with Crippen LogP contribution in [-0.2, 0) is 11.3 Å². The van der Waals surface area contributed by atoms with Crippen molar-refractivity contribution in [1.82, 2.24) is 20.1 Å². The van der Waals surface area contributed by atoms with Gasteiger partial charge in [-0.3, -0.25) is 14.3 Å². The summed E-state index contributed by atoms with van der Waals surface area (Å²) in [4.78, 5) is 28.2. The standard InChI is InChI=1S/C20H21N5O2/c1-14-8-9-17(10-18(14)23-15(2)26)20(27)24-19(11-25-13-21-12-22-25)16-6-4-3-5-7-16/h3-10,12-13,19H,11H2,1-2H3,(H,23,26)(H,24,27). The molecule has 0 aliphatic rings. The van der Waals surface area contributed by atoms with E-state index in [1.807, 2.05) is 43.3 Å². The number of aryl methyl sites for hydroxylation is 1. The van der Waals surface area contributed by atoms with Crippen molar-refractivity contribution in [2.45, 2.75) is 26.4 Å². The molecule has 0 bridgehead atoms. The molecular weight excluding hydrogens is 342 g/mol. The lowest BCUT2D eigenvalue weighted by Gasteiger charge is -2.19. The van der Waals surface area contributed by atoms with Crippen LogP contribution in [0.4, 0.5) is 5.69 Å². The number of hydrogen-bond donors (Lipinski definition) is 2. The van der Waals surface area contributed by atoms with Crippen LogP contribution in [0.25, 0.3) is 0 Å². The Morgan fingerprint density at radius 1 is 1.15 bits per heavy atom. The van der Waals surface area contributed by atoms with Gasteiger partial charge in [-0.25, -0.2) is 4.98 Å². The van der Waals surface area contributed by atoms with Crippen molar-refractivity contribution in [2.75, 3.05) is 5.32 Å². The zero-order valence-corrected chi connectivity index (χ0v) is 15.2. The van der Waals surface area contributed by atoms with Gasteiger partial charge in [-0.15, -0.1) is 0 Å². The topological polar surface area (TPSA) is 88.9 Å². The van der Waals surface area contributed by atoms with Crippen LogP contribution in [-0.4, -0.2) is 26.6 Å². The van der Waals surface area contributed by atoms with Crippen molar-refractivity contribution in [2.24, 2.45) is 0 Å². The van der Waals surface area contributed by atoms with E-state index in [1.54, 1.807) is 23.1 Å². The number of amides is 2. The van der Waals surface area contributed by atoms with E-state index in [9.17, 15) is 9.59 Å². The quantitative estimate of drug-likeness (QED) is 0.705. The molecule has 1 atom stereocenters. The molecular formula is C20H21N5O2. The van der Waals surface area contributed by atoms with E-state index in [-0.39, 0.29) is 17.9 Å². The van der Waals surface area contributed by atoms with E-state index in [1.165, 1.54) is 13.3 Å². The van der Waals surface area contributed by atoms with Gasteiger partial charge in [-0.1, -0.05) is 36.4 Å². The van der Waals surface area contributed by atoms with Crippen molar-refractivity contribution in [3.63, 3.8) is 0 Å². The number of carbonyl (C=O) groups excluding carboxylic acids is 2. The predicted molar refractivity (Wildman–Crippen MR) is 102 cm³/mol. The zero-order valence-electron chi connectivity index (χ0n) is 15.2. The van der Waals surface area contributed by atoms with Crippen molar-refractivity contribution in [3.05, 3.63) is 77.9 Å². The largest absolute Gasteiger partial charge is 0.343 e. The summed E-state index contributed by atoms with van der Waals surface area (Å²) in [5.74, 6) is -0.403. The predicted octanol–water partition coefficient (Wildman–Crippen LogP) is 2.72. The third kappa shape index (κ3) is 4.78. The van der Waals surface area contributed by atoms with Crippen molar-refractivity contribution in [3.8, 4) is 0 Å². The molecule has 0 aliphatic carbocycles. The first-order valence-corrected chi connectivity index (χ1v) is 8.59. The number of nitrogens with zero attached hydrogens (tertiary/aromatic N) is 3. The number of carbonyl (C=O) groups is 2. The second-order valence-corrected chi connectivity index (χ2v) is 6.27. The van der Waals surface area contributed by atoms with E-state index < -0.39 is 0 Å². The molecule has 0 saturated carbocycles. The van der Waals surface area contributed by atoms with Gasteiger partial charge in [0.1, 0.15) is 12.7 Å². The maximum Gasteiger partial charge on any atom is 0.251 e. The minimum atomic E-state index is -0.272. The average Bonchev–Trinajstić information content (AvgIpc) is 3.16. The van der Waals surface area contributed by atoms with Gasteiger partial charge < -0.3 is 10.6 Å². The first-order valence-electron chi connectivity index (χ1n) is 8.59. The van der Waals surface area contributed by atoms with Gasteiger partial charge in [-0.2, -0.15) is 5.10 Å². The molecule has 0 saturated heterocycles. The highest BCUT2D eigenvalue weighted by Crippen LogP contribution is 2.19. The highest BCUT2D eigenvalue weighted by molar-refractivity contribution is 5.97. The van der Waals surface area contributed by atoms with Crippen LogP contribution in [0, 0.1) is 6.92 Å². The lowest BCUT2D eigenvalue weighted by molar-refractivity contribution is -0.114. The highest BCUT2D eigenvalue weighted by Gasteiger charge is 2.17. The first-order chi connectivity index (χ1) is 13.0. The molecule has 0 spiro atoms. The lowest BCUT2D eigenvalue weighted by Crippen LogP contribution is -2.31. The molecule has 1 heterocycles. The number of nitrogens with one attached hydrogen (secondary N) is 2. The van der Waals surface area contributed by atoms with E-state index in [0.717, 1.165) is 11.1 Å². The zero-order chi connectivity index (χ0) is 19.2. The summed E-state index contributed by atoms with van der Waals surface area (Å²) < 4.78 is 1.68. The van der Waals surface area contributed by atoms with E-state index >= 15 is 0 Å². The van der Waals surface area contributed by atoms with Crippen LogP contribution in [0.1, 0.15) is 34.5 Å². The van der Waals surface area contributed by atoms with Crippen LogP contribution in [0.3, 0.4) is 0 Å². The van der Waals surface area contributed by atoms with E-state index in [4.69, 9.17) is 0 Å². The van der Waals surface area contributed by atoms with Gasteiger partial charge >= 0.3 is 0 Å². The van der Waals surface area contributed by atoms with Crippen molar-refractivity contribution < 1.29 is 9.59 Å².